The SMILES string of the molecule is CC(C)CC(CCl)NS(C)(=O)=O. The van der Waals surface area contributed by atoms with E-state index in [2.05, 4.69) is 4.72 Å². The molecule has 74 valence electrons. The summed E-state index contributed by atoms with van der Waals surface area (Å²) in [7, 11) is -3.12. The van der Waals surface area contributed by atoms with E-state index in [0.29, 0.717) is 11.8 Å². The van der Waals surface area contributed by atoms with Crippen LogP contribution < -0.4 is 4.72 Å². The summed E-state index contributed by atoms with van der Waals surface area (Å²) in [6.07, 6.45) is 1.92. The van der Waals surface area contributed by atoms with Gasteiger partial charge in [-0.25, -0.2) is 13.1 Å². The average molecular weight is 214 g/mol. The second-order valence-corrected chi connectivity index (χ2v) is 5.46. The quantitative estimate of drug-likeness (QED) is 0.698. The van der Waals surface area contributed by atoms with Crippen LogP contribution >= 0.6 is 11.6 Å². The van der Waals surface area contributed by atoms with Crippen molar-refractivity contribution in [3.8, 4) is 0 Å². The first kappa shape index (κ1) is 12.2. The van der Waals surface area contributed by atoms with Crippen LogP contribution in [0.3, 0.4) is 0 Å². The van der Waals surface area contributed by atoms with Crippen LogP contribution in [0.1, 0.15) is 20.3 Å². The molecular formula is C7H16ClNO2S. The number of alkyl halides is 1. The fraction of sp³-hybridized carbons (Fsp3) is 1.00. The van der Waals surface area contributed by atoms with Crippen molar-refractivity contribution < 1.29 is 8.42 Å². The van der Waals surface area contributed by atoms with Gasteiger partial charge in [-0.15, -0.1) is 11.6 Å². The second-order valence-electron chi connectivity index (χ2n) is 3.37. The molecule has 0 radical (unpaired) electrons. The van der Waals surface area contributed by atoms with E-state index < -0.39 is 10.0 Å². The molecule has 3 nitrogen and oxygen atoms in total. The Labute approximate surface area is 79.5 Å². The molecule has 0 amide bonds. The Hall–Kier alpha value is 0.200. The summed E-state index contributed by atoms with van der Waals surface area (Å²) in [6.45, 7) is 4.06. The molecule has 0 aromatic carbocycles. The van der Waals surface area contributed by atoms with Gasteiger partial charge in [-0.1, -0.05) is 13.8 Å². The van der Waals surface area contributed by atoms with Crippen molar-refractivity contribution in [1.82, 2.24) is 4.72 Å². The minimum atomic E-state index is -3.12. The van der Waals surface area contributed by atoms with E-state index >= 15 is 0 Å². The van der Waals surface area contributed by atoms with Crippen LogP contribution in [0.2, 0.25) is 0 Å². The van der Waals surface area contributed by atoms with Crippen molar-refractivity contribution in [3.63, 3.8) is 0 Å². The summed E-state index contributed by atoms with van der Waals surface area (Å²) in [5.41, 5.74) is 0. The maximum Gasteiger partial charge on any atom is 0.208 e. The van der Waals surface area contributed by atoms with Crippen molar-refractivity contribution in [2.75, 3.05) is 12.1 Å². The molecule has 12 heavy (non-hydrogen) atoms. The molecule has 0 aromatic rings. The summed E-state index contributed by atoms with van der Waals surface area (Å²) in [4.78, 5) is 0. The van der Waals surface area contributed by atoms with Crippen LogP contribution in [0.5, 0.6) is 0 Å². The third-order valence-electron chi connectivity index (χ3n) is 1.32. The molecule has 0 aromatic heterocycles. The molecule has 1 atom stereocenters. The van der Waals surface area contributed by atoms with E-state index in [4.69, 9.17) is 11.6 Å². The minimum Gasteiger partial charge on any atom is -0.213 e. The predicted molar refractivity (Wildman–Crippen MR) is 51.9 cm³/mol. The molecule has 0 saturated carbocycles. The first-order chi connectivity index (χ1) is 5.35. The molecule has 0 fully saturated rings. The van der Waals surface area contributed by atoms with Crippen molar-refractivity contribution in [3.05, 3.63) is 0 Å². The van der Waals surface area contributed by atoms with Crippen LogP contribution in [-0.4, -0.2) is 26.6 Å². The van der Waals surface area contributed by atoms with Crippen molar-refractivity contribution >= 4 is 21.6 Å². The Morgan fingerprint density at radius 1 is 1.42 bits per heavy atom. The summed E-state index contributed by atoms with van der Waals surface area (Å²) in [5.74, 6) is 0.772. The van der Waals surface area contributed by atoms with E-state index in [1.165, 1.54) is 0 Å². The molecular weight excluding hydrogens is 198 g/mol. The van der Waals surface area contributed by atoms with Crippen molar-refractivity contribution in [1.29, 1.82) is 0 Å². The molecule has 1 N–H and O–H groups in total. The maximum absolute atomic E-state index is 10.8. The Morgan fingerprint density at radius 3 is 2.17 bits per heavy atom. The van der Waals surface area contributed by atoms with Gasteiger partial charge in [-0.05, 0) is 12.3 Å². The summed E-state index contributed by atoms with van der Waals surface area (Å²) in [6, 6.07) is -0.137. The molecule has 5 heteroatoms. The van der Waals surface area contributed by atoms with Crippen molar-refractivity contribution in [2.45, 2.75) is 26.3 Å². The van der Waals surface area contributed by atoms with Gasteiger partial charge in [0.2, 0.25) is 10.0 Å². The maximum atomic E-state index is 10.8. The van der Waals surface area contributed by atoms with Gasteiger partial charge >= 0.3 is 0 Å². The zero-order chi connectivity index (χ0) is 9.78. The first-order valence-electron chi connectivity index (χ1n) is 3.88. The molecule has 0 aliphatic heterocycles. The van der Waals surface area contributed by atoms with Gasteiger partial charge in [0.1, 0.15) is 0 Å². The summed E-state index contributed by atoms with van der Waals surface area (Å²) >= 11 is 5.59. The lowest BCUT2D eigenvalue weighted by atomic mass is 10.1. The van der Waals surface area contributed by atoms with Gasteiger partial charge in [0, 0.05) is 11.9 Å². The Bertz CT molecular complexity index is 213. The third kappa shape index (κ3) is 6.88. The third-order valence-corrected chi connectivity index (χ3v) is 2.46. The molecule has 0 saturated heterocycles. The van der Waals surface area contributed by atoms with Gasteiger partial charge in [0.25, 0.3) is 0 Å². The predicted octanol–water partition coefficient (Wildman–Crippen LogP) is 1.19. The molecule has 0 rings (SSSR count). The summed E-state index contributed by atoms with van der Waals surface area (Å²) in [5, 5.41) is 0. The lowest BCUT2D eigenvalue weighted by Gasteiger charge is -2.16. The molecule has 0 aliphatic rings. The van der Waals surface area contributed by atoms with Crippen LogP contribution in [0.4, 0.5) is 0 Å². The van der Waals surface area contributed by atoms with Gasteiger partial charge < -0.3 is 0 Å². The van der Waals surface area contributed by atoms with Gasteiger partial charge in [-0.3, -0.25) is 0 Å². The topological polar surface area (TPSA) is 46.2 Å². The monoisotopic (exact) mass is 213 g/mol. The Balaban J connectivity index is 4.01. The molecule has 0 spiro atoms. The number of nitrogens with one attached hydrogen (secondary N) is 1. The van der Waals surface area contributed by atoms with Crippen LogP contribution in [0.15, 0.2) is 0 Å². The minimum absolute atomic E-state index is 0.137. The van der Waals surface area contributed by atoms with Gasteiger partial charge in [0.05, 0.1) is 6.26 Å². The molecule has 0 bridgehead atoms. The van der Waals surface area contributed by atoms with Crippen LogP contribution in [0, 0.1) is 5.92 Å². The highest BCUT2D eigenvalue weighted by Crippen LogP contribution is 2.06. The van der Waals surface area contributed by atoms with E-state index in [-0.39, 0.29) is 6.04 Å². The van der Waals surface area contributed by atoms with E-state index in [1.54, 1.807) is 0 Å². The standard InChI is InChI=1S/C7H16ClNO2S/c1-6(2)4-7(5-8)9-12(3,10)11/h6-7,9H,4-5H2,1-3H3. The highest BCUT2D eigenvalue weighted by atomic mass is 35.5. The second kappa shape index (κ2) is 5.04. The largest absolute Gasteiger partial charge is 0.213 e. The zero-order valence-electron chi connectivity index (χ0n) is 7.67. The van der Waals surface area contributed by atoms with Gasteiger partial charge in [-0.2, -0.15) is 0 Å². The average Bonchev–Trinajstić information content (AvgIpc) is 1.82. The zero-order valence-corrected chi connectivity index (χ0v) is 9.24. The first-order valence-corrected chi connectivity index (χ1v) is 6.31. The van der Waals surface area contributed by atoms with Crippen molar-refractivity contribution in [2.24, 2.45) is 5.92 Å². The highest BCUT2D eigenvalue weighted by molar-refractivity contribution is 7.88. The highest BCUT2D eigenvalue weighted by Gasteiger charge is 2.13. The molecule has 1 unspecified atom stereocenters. The summed E-state index contributed by atoms with van der Waals surface area (Å²) < 4.78 is 24.1. The van der Waals surface area contributed by atoms with E-state index in [1.807, 2.05) is 13.8 Å². The molecule has 0 heterocycles. The van der Waals surface area contributed by atoms with Crippen LogP contribution in [-0.2, 0) is 10.0 Å². The number of hydrogen-bond acceptors (Lipinski definition) is 2. The number of rotatable bonds is 5. The van der Waals surface area contributed by atoms with Crippen LogP contribution in [0.25, 0.3) is 0 Å². The Morgan fingerprint density at radius 2 is 1.92 bits per heavy atom. The van der Waals surface area contributed by atoms with E-state index in [9.17, 15) is 8.42 Å². The number of hydrogen-bond donors (Lipinski definition) is 1. The van der Waals surface area contributed by atoms with Gasteiger partial charge in [0.15, 0.2) is 0 Å². The molecule has 0 aliphatic carbocycles. The lowest BCUT2D eigenvalue weighted by Crippen LogP contribution is -2.36. The smallest absolute Gasteiger partial charge is 0.208 e. The lowest BCUT2D eigenvalue weighted by molar-refractivity contribution is 0.487. The normalized spacial score (nSPS) is 15.1. The number of halogens is 1. The van der Waals surface area contributed by atoms with E-state index in [0.717, 1.165) is 12.7 Å². The fourth-order valence-corrected chi connectivity index (χ4v) is 2.09. The fourth-order valence-electron chi connectivity index (χ4n) is 1.01. The number of sulfonamides is 1. The Kier molecular flexibility index (Phi) is 5.13.